The van der Waals surface area contributed by atoms with Crippen molar-refractivity contribution >= 4 is 40.6 Å². The molecule has 1 N–H and O–H groups in total. The third-order valence-corrected chi connectivity index (χ3v) is 9.99. The summed E-state index contributed by atoms with van der Waals surface area (Å²) in [5.41, 5.74) is 2.84. The van der Waals surface area contributed by atoms with Gasteiger partial charge in [-0.1, -0.05) is 6.07 Å². The molecule has 3 amide bonds. The maximum Gasteiger partial charge on any atom is 0.294 e. The first-order valence-electron chi connectivity index (χ1n) is 14.1. The fourth-order valence-corrected chi connectivity index (χ4v) is 8.67. The summed E-state index contributed by atoms with van der Waals surface area (Å²) in [6.07, 6.45) is 9.59. The molecule has 208 valence electrons. The molecular formula is C31H32N2O6S. The highest BCUT2D eigenvalue weighted by Gasteiger charge is 2.51. The van der Waals surface area contributed by atoms with Crippen molar-refractivity contribution in [3.05, 3.63) is 52.4 Å². The van der Waals surface area contributed by atoms with E-state index in [0.29, 0.717) is 34.4 Å². The second-order valence-electron chi connectivity index (χ2n) is 11.8. The summed E-state index contributed by atoms with van der Waals surface area (Å²) >= 11 is 0.860. The first-order chi connectivity index (χ1) is 19.4. The Morgan fingerprint density at radius 3 is 2.50 bits per heavy atom. The topological polar surface area (TPSA) is 94.2 Å². The van der Waals surface area contributed by atoms with Crippen molar-refractivity contribution in [3.63, 3.8) is 0 Å². The van der Waals surface area contributed by atoms with Crippen LogP contribution in [-0.4, -0.2) is 41.9 Å². The summed E-state index contributed by atoms with van der Waals surface area (Å²) < 4.78 is 16.6. The lowest BCUT2D eigenvalue weighted by Crippen LogP contribution is -2.48. The highest BCUT2D eigenvalue weighted by Crippen LogP contribution is 2.61. The largest absolute Gasteiger partial charge is 0.493 e. The molecule has 9 heteroatoms. The monoisotopic (exact) mass is 560 g/mol. The van der Waals surface area contributed by atoms with Crippen molar-refractivity contribution in [2.75, 3.05) is 25.3 Å². The lowest BCUT2D eigenvalue weighted by atomic mass is 9.48. The second-order valence-corrected chi connectivity index (χ2v) is 12.8. The number of carbonyl (C=O) groups is 3. The molecule has 4 saturated carbocycles. The first-order valence-corrected chi connectivity index (χ1v) is 14.9. The van der Waals surface area contributed by atoms with Crippen molar-refractivity contribution in [3.8, 4) is 17.2 Å². The van der Waals surface area contributed by atoms with Gasteiger partial charge < -0.3 is 19.5 Å². The van der Waals surface area contributed by atoms with E-state index in [1.807, 2.05) is 13.0 Å². The molecule has 2 aliphatic heterocycles. The number of nitrogens with one attached hydrogen (secondary N) is 1. The van der Waals surface area contributed by atoms with E-state index in [0.717, 1.165) is 40.0 Å². The standard InChI is InChI=1S/C31H32N2O6S/c1-2-37-24-5-3-22(31-13-18-7-19(14-31)9-20(8-18)15-31)10-21(24)11-27-29(35)33(30(36)40-27)16-28(34)32-23-4-6-25-26(12-23)39-17-38-25/h3-6,10-12,18-20H,2,7-9,13-17H2,1H3,(H,32,34)/b27-11+. The van der Waals surface area contributed by atoms with E-state index < -0.39 is 17.1 Å². The number of hydrogen-bond donors (Lipinski definition) is 1. The molecule has 2 aromatic rings. The summed E-state index contributed by atoms with van der Waals surface area (Å²) in [6.45, 7) is 2.19. The number of anilines is 1. The second kappa shape index (κ2) is 9.87. The summed E-state index contributed by atoms with van der Waals surface area (Å²) in [4.78, 5) is 40.1. The Balaban J connectivity index is 1.11. The molecule has 0 aromatic heterocycles. The van der Waals surface area contributed by atoms with E-state index in [1.165, 1.54) is 44.1 Å². The number of amides is 3. The number of rotatable bonds is 7. The molecule has 2 aromatic carbocycles. The van der Waals surface area contributed by atoms with Crippen LogP contribution in [-0.2, 0) is 15.0 Å². The lowest BCUT2D eigenvalue weighted by Gasteiger charge is -2.57. The Morgan fingerprint density at radius 2 is 1.77 bits per heavy atom. The zero-order valence-corrected chi connectivity index (χ0v) is 23.3. The third kappa shape index (κ3) is 4.54. The predicted octanol–water partition coefficient (Wildman–Crippen LogP) is 5.96. The van der Waals surface area contributed by atoms with Crippen LogP contribution in [0, 0.1) is 17.8 Å². The van der Waals surface area contributed by atoms with E-state index in [4.69, 9.17) is 14.2 Å². The summed E-state index contributed by atoms with van der Waals surface area (Å²) in [5.74, 6) is 3.35. The minimum Gasteiger partial charge on any atom is -0.493 e. The van der Waals surface area contributed by atoms with Crippen LogP contribution in [0.5, 0.6) is 17.2 Å². The van der Waals surface area contributed by atoms with Gasteiger partial charge in [0.2, 0.25) is 12.7 Å². The van der Waals surface area contributed by atoms with Crippen molar-refractivity contribution < 1.29 is 28.6 Å². The van der Waals surface area contributed by atoms with Gasteiger partial charge in [-0.25, -0.2) is 0 Å². The number of hydrogen-bond acceptors (Lipinski definition) is 7. The molecule has 5 fully saturated rings. The van der Waals surface area contributed by atoms with Crippen molar-refractivity contribution in [1.29, 1.82) is 0 Å². The predicted molar refractivity (Wildman–Crippen MR) is 151 cm³/mol. The van der Waals surface area contributed by atoms with Crippen molar-refractivity contribution in [1.82, 2.24) is 4.90 Å². The Bertz CT molecular complexity index is 1400. The van der Waals surface area contributed by atoms with Crippen molar-refractivity contribution in [2.24, 2.45) is 17.8 Å². The molecule has 0 radical (unpaired) electrons. The maximum atomic E-state index is 13.3. The average Bonchev–Trinajstić information content (AvgIpc) is 3.48. The van der Waals surface area contributed by atoms with Gasteiger partial charge >= 0.3 is 0 Å². The van der Waals surface area contributed by atoms with Crippen LogP contribution in [0.1, 0.15) is 56.6 Å². The minimum atomic E-state index is -0.474. The van der Waals surface area contributed by atoms with Gasteiger partial charge in [0.15, 0.2) is 11.5 Å². The highest BCUT2D eigenvalue weighted by molar-refractivity contribution is 8.18. The number of nitrogens with zero attached hydrogens (tertiary/aromatic N) is 1. The van der Waals surface area contributed by atoms with Crippen LogP contribution in [0.25, 0.3) is 6.08 Å². The Labute approximate surface area is 237 Å². The molecule has 0 spiro atoms. The van der Waals surface area contributed by atoms with E-state index in [2.05, 4.69) is 17.4 Å². The number of carbonyl (C=O) groups excluding carboxylic acids is 3. The van der Waals surface area contributed by atoms with Gasteiger partial charge in [-0.3, -0.25) is 19.3 Å². The minimum absolute atomic E-state index is 0.131. The van der Waals surface area contributed by atoms with E-state index in [-0.39, 0.29) is 18.8 Å². The Morgan fingerprint density at radius 1 is 1.05 bits per heavy atom. The van der Waals surface area contributed by atoms with Crippen LogP contribution < -0.4 is 19.5 Å². The number of imide groups is 1. The quantitative estimate of drug-likeness (QED) is 0.418. The van der Waals surface area contributed by atoms with Crippen LogP contribution in [0.15, 0.2) is 41.3 Å². The average molecular weight is 561 g/mol. The van der Waals surface area contributed by atoms with Gasteiger partial charge in [-0.15, -0.1) is 0 Å². The summed E-state index contributed by atoms with van der Waals surface area (Å²) in [5, 5.41) is 2.27. The molecule has 0 atom stereocenters. The maximum absolute atomic E-state index is 13.3. The molecule has 0 unspecified atom stereocenters. The summed E-state index contributed by atoms with van der Waals surface area (Å²) in [7, 11) is 0. The Hall–Kier alpha value is -3.46. The lowest BCUT2D eigenvalue weighted by molar-refractivity contribution is -0.127. The SMILES string of the molecule is CCOc1ccc(C23CC4CC(CC(C4)C2)C3)cc1/C=C1/SC(=O)N(CC(=O)Nc2ccc3c(c2)OCO3)C1=O. The fourth-order valence-electron chi connectivity index (χ4n) is 7.84. The fraction of sp³-hybridized carbons (Fsp3) is 0.452. The molecule has 1 saturated heterocycles. The van der Waals surface area contributed by atoms with Gasteiger partial charge in [0.05, 0.1) is 11.5 Å². The zero-order chi connectivity index (χ0) is 27.4. The molecule has 2 heterocycles. The molecule has 4 bridgehead atoms. The number of ether oxygens (including phenoxy) is 3. The van der Waals surface area contributed by atoms with Gasteiger partial charge in [0.25, 0.3) is 11.1 Å². The molecule has 8 rings (SSSR count). The van der Waals surface area contributed by atoms with Gasteiger partial charge in [-0.05, 0) is 116 Å². The molecule has 4 aliphatic carbocycles. The van der Waals surface area contributed by atoms with Gasteiger partial charge in [0.1, 0.15) is 12.3 Å². The van der Waals surface area contributed by atoms with E-state index in [9.17, 15) is 14.4 Å². The van der Waals surface area contributed by atoms with Crippen LogP contribution >= 0.6 is 11.8 Å². The zero-order valence-electron chi connectivity index (χ0n) is 22.4. The molecule has 40 heavy (non-hydrogen) atoms. The number of fused-ring (bicyclic) bond motifs is 1. The van der Waals surface area contributed by atoms with E-state index in [1.54, 1.807) is 24.3 Å². The third-order valence-electron chi connectivity index (χ3n) is 9.08. The van der Waals surface area contributed by atoms with Gasteiger partial charge in [-0.2, -0.15) is 0 Å². The van der Waals surface area contributed by atoms with Crippen molar-refractivity contribution in [2.45, 2.75) is 50.9 Å². The number of thioether (sulfide) groups is 1. The molecular weight excluding hydrogens is 528 g/mol. The van der Waals surface area contributed by atoms with Crippen LogP contribution in [0.3, 0.4) is 0 Å². The van der Waals surface area contributed by atoms with E-state index >= 15 is 0 Å². The highest BCUT2D eigenvalue weighted by atomic mass is 32.2. The summed E-state index contributed by atoms with van der Waals surface area (Å²) in [6, 6.07) is 11.5. The van der Waals surface area contributed by atoms with Gasteiger partial charge in [0, 0.05) is 17.3 Å². The smallest absolute Gasteiger partial charge is 0.294 e. The van der Waals surface area contributed by atoms with Crippen LogP contribution in [0.4, 0.5) is 10.5 Å². The van der Waals surface area contributed by atoms with Crippen LogP contribution in [0.2, 0.25) is 0 Å². The molecule has 6 aliphatic rings. The normalized spacial score (nSPS) is 29.0. The Kier molecular flexibility index (Phi) is 6.29. The first kappa shape index (κ1) is 25.5. The number of benzene rings is 2. The molecule has 8 nitrogen and oxygen atoms in total.